The average molecular weight is 299 g/mol. The molecule has 3 rings (SSSR count). The van der Waals surface area contributed by atoms with Crippen LogP contribution in [0.1, 0.15) is 22.2 Å². The minimum Gasteiger partial charge on any atom is -0.497 e. The van der Waals surface area contributed by atoms with E-state index < -0.39 is 0 Å². The second-order valence-electron chi connectivity index (χ2n) is 4.97. The fourth-order valence-corrected chi connectivity index (χ4v) is 2.43. The van der Waals surface area contributed by atoms with Gasteiger partial charge in [-0.1, -0.05) is 6.07 Å². The van der Waals surface area contributed by atoms with Crippen molar-refractivity contribution in [3.05, 3.63) is 54.1 Å². The molecular formula is C16H17N3O3. The molecule has 2 aromatic rings. The fraction of sp³-hybridized carbons (Fsp3) is 0.312. The average Bonchev–Trinajstić information content (AvgIpc) is 2.62. The Morgan fingerprint density at radius 2 is 2.32 bits per heavy atom. The lowest BCUT2D eigenvalue weighted by Gasteiger charge is -2.32. The van der Waals surface area contributed by atoms with E-state index in [0.29, 0.717) is 31.0 Å². The van der Waals surface area contributed by atoms with Gasteiger partial charge in [0.15, 0.2) is 0 Å². The van der Waals surface area contributed by atoms with Gasteiger partial charge in [-0.05, 0) is 18.2 Å². The largest absolute Gasteiger partial charge is 0.497 e. The number of benzene rings is 1. The van der Waals surface area contributed by atoms with E-state index in [9.17, 15) is 4.79 Å². The molecule has 0 bridgehead atoms. The zero-order valence-corrected chi connectivity index (χ0v) is 12.3. The second kappa shape index (κ2) is 6.53. The molecule has 1 aromatic heterocycles. The molecule has 1 aromatic carbocycles. The number of aromatic nitrogens is 2. The summed E-state index contributed by atoms with van der Waals surface area (Å²) in [7, 11) is 1.59. The minimum atomic E-state index is -0.239. The van der Waals surface area contributed by atoms with E-state index in [2.05, 4.69) is 9.97 Å². The number of carbonyl (C=O) groups is 1. The molecule has 1 saturated heterocycles. The van der Waals surface area contributed by atoms with Gasteiger partial charge in [-0.3, -0.25) is 14.8 Å². The van der Waals surface area contributed by atoms with E-state index in [-0.39, 0.29) is 12.0 Å². The first kappa shape index (κ1) is 14.5. The standard InChI is InChI=1S/C16H17N3O3/c1-21-13-4-2-3-12(9-13)16(20)19-7-8-22-15(11-19)14-10-17-5-6-18-14/h2-6,9-10,15H,7-8,11H2,1H3/t15-/m1/s1. The number of methoxy groups -OCH3 is 1. The lowest BCUT2D eigenvalue weighted by molar-refractivity contribution is -0.0249. The minimum absolute atomic E-state index is 0.0314. The number of carbonyl (C=O) groups excluding carboxylic acids is 1. The first-order valence-corrected chi connectivity index (χ1v) is 7.09. The predicted octanol–water partition coefficient (Wildman–Crippen LogP) is 1.70. The normalized spacial score (nSPS) is 18.0. The maximum absolute atomic E-state index is 12.6. The van der Waals surface area contributed by atoms with E-state index in [4.69, 9.17) is 9.47 Å². The smallest absolute Gasteiger partial charge is 0.254 e. The number of ether oxygens (including phenoxy) is 2. The van der Waals surface area contributed by atoms with Gasteiger partial charge < -0.3 is 14.4 Å². The third-order valence-electron chi connectivity index (χ3n) is 3.58. The molecule has 22 heavy (non-hydrogen) atoms. The zero-order chi connectivity index (χ0) is 15.4. The Morgan fingerprint density at radius 3 is 3.09 bits per heavy atom. The van der Waals surface area contributed by atoms with Crippen molar-refractivity contribution >= 4 is 5.91 Å². The van der Waals surface area contributed by atoms with Crippen molar-refractivity contribution in [1.82, 2.24) is 14.9 Å². The van der Waals surface area contributed by atoms with Crippen LogP contribution in [-0.4, -0.2) is 47.6 Å². The Labute approximate surface area is 128 Å². The number of morpholine rings is 1. The van der Waals surface area contributed by atoms with Crippen LogP contribution in [0, 0.1) is 0 Å². The van der Waals surface area contributed by atoms with Crippen LogP contribution in [0.15, 0.2) is 42.9 Å². The van der Waals surface area contributed by atoms with Crippen molar-refractivity contribution in [3.63, 3.8) is 0 Å². The molecule has 6 nitrogen and oxygen atoms in total. The van der Waals surface area contributed by atoms with Crippen LogP contribution >= 0.6 is 0 Å². The van der Waals surface area contributed by atoms with Crippen molar-refractivity contribution in [1.29, 1.82) is 0 Å². The highest BCUT2D eigenvalue weighted by Crippen LogP contribution is 2.22. The topological polar surface area (TPSA) is 64.5 Å². The van der Waals surface area contributed by atoms with E-state index in [1.54, 1.807) is 42.7 Å². The lowest BCUT2D eigenvalue weighted by Crippen LogP contribution is -2.42. The molecule has 0 radical (unpaired) electrons. The lowest BCUT2D eigenvalue weighted by atomic mass is 10.1. The van der Waals surface area contributed by atoms with Crippen LogP contribution in [0.5, 0.6) is 5.75 Å². The molecule has 0 unspecified atom stereocenters. The van der Waals surface area contributed by atoms with Crippen LogP contribution in [-0.2, 0) is 4.74 Å². The monoisotopic (exact) mass is 299 g/mol. The molecule has 1 aliphatic heterocycles. The summed E-state index contributed by atoms with van der Waals surface area (Å²) < 4.78 is 10.9. The predicted molar refractivity (Wildman–Crippen MR) is 79.6 cm³/mol. The molecule has 0 saturated carbocycles. The Hall–Kier alpha value is -2.47. The summed E-state index contributed by atoms with van der Waals surface area (Å²) in [4.78, 5) is 22.7. The first-order valence-electron chi connectivity index (χ1n) is 7.09. The molecule has 0 aliphatic carbocycles. The molecule has 1 fully saturated rings. The number of amides is 1. The van der Waals surface area contributed by atoms with Gasteiger partial charge in [0.25, 0.3) is 5.91 Å². The first-order chi connectivity index (χ1) is 10.8. The van der Waals surface area contributed by atoms with E-state index >= 15 is 0 Å². The summed E-state index contributed by atoms with van der Waals surface area (Å²) in [5, 5.41) is 0. The van der Waals surface area contributed by atoms with Crippen molar-refractivity contribution in [2.45, 2.75) is 6.10 Å². The van der Waals surface area contributed by atoms with Gasteiger partial charge >= 0.3 is 0 Å². The summed E-state index contributed by atoms with van der Waals surface area (Å²) >= 11 is 0. The Kier molecular flexibility index (Phi) is 4.29. The highest BCUT2D eigenvalue weighted by atomic mass is 16.5. The Morgan fingerprint density at radius 1 is 1.41 bits per heavy atom. The van der Waals surface area contributed by atoms with Gasteiger partial charge in [0.1, 0.15) is 11.9 Å². The molecule has 1 amide bonds. The van der Waals surface area contributed by atoms with Crippen molar-refractivity contribution in [2.75, 3.05) is 26.8 Å². The van der Waals surface area contributed by atoms with Crippen molar-refractivity contribution in [3.8, 4) is 5.75 Å². The van der Waals surface area contributed by atoms with Crippen molar-refractivity contribution in [2.24, 2.45) is 0 Å². The van der Waals surface area contributed by atoms with Gasteiger partial charge in [0.2, 0.25) is 0 Å². The zero-order valence-electron chi connectivity index (χ0n) is 12.3. The highest BCUT2D eigenvalue weighted by Gasteiger charge is 2.27. The summed E-state index contributed by atoms with van der Waals surface area (Å²) in [5.74, 6) is 0.640. The van der Waals surface area contributed by atoms with Crippen LogP contribution in [0.2, 0.25) is 0 Å². The number of rotatable bonds is 3. The van der Waals surface area contributed by atoms with Crippen molar-refractivity contribution < 1.29 is 14.3 Å². The summed E-state index contributed by atoms with van der Waals surface area (Å²) in [6.07, 6.45) is 4.68. The van der Waals surface area contributed by atoms with Gasteiger partial charge in [0, 0.05) is 24.5 Å². The molecule has 0 spiro atoms. The highest BCUT2D eigenvalue weighted by molar-refractivity contribution is 5.94. The maximum Gasteiger partial charge on any atom is 0.254 e. The van der Waals surface area contributed by atoms with Gasteiger partial charge in [-0.25, -0.2) is 0 Å². The molecular weight excluding hydrogens is 282 g/mol. The van der Waals surface area contributed by atoms with Gasteiger partial charge in [-0.15, -0.1) is 0 Å². The number of hydrogen-bond donors (Lipinski definition) is 0. The van der Waals surface area contributed by atoms with E-state index in [1.165, 1.54) is 0 Å². The maximum atomic E-state index is 12.6. The van der Waals surface area contributed by atoms with Crippen LogP contribution < -0.4 is 4.74 Å². The molecule has 0 N–H and O–H groups in total. The SMILES string of the molecule is COc1cccc(C(=O)N2CCO[C@@H](c3cnccn3)C2)c1. The number of hydrogen-bond acceptors (Lipinski definition) is 5. The third kappa shape index (κ3) is 3.07. The fourth-order valence-electron chi connectivity index (χ4n) is 2.43. The summed E-state index contributed by atoms with van der Waals surface area (Å²) in [6, 6.07) is 7.16. The van der Waals surface area contributed by atoms with Crippen LogP contribution in [0.25, 0.3) is 0 Å². The van der Waals surface area contributed by atoms with E-state index in [1.807, 2.05) is 12.1 Å². The molecule has 1 aliphatic rings. The summed E-state index contributed by atoms with van der Waals surface area (Å²) in [6.45, 7) is 1.51. The number of nitrogens with zero attached hydrogens (tertiary/aromatic N) is 3. The summed E-state index contributed by atoms with van der Waals surface area (Å²) in [5.41, 5.74) is 1.35. The van der Waals surface area contributed by atoms with Gasteiger partial charge in [0.05, 0.1) is 32.2 Å². The molecule has 6 heteroatoms. The molecule has 2 heterocycles. The van der Waals surface area contributed by atoms with Gasteiger partial charge in [-0.2, -0.15) is 0 Å². The van der Waals surface area contributed by atoms with Crippen LogP contribution in [0.3, 0.4) is 0 Å². The quantitative estimate of drug-likeness (QED) is 0.863. The van der Waals surface area contributed by atoms with E-state index in [0.717, 1.165) is 5.69 Å². The molecule has 1 atom stereocenters. The third-order valence-corrected chi connectivity index (χ3v) is 3.58. The Balaban J connectivity index is 1.75. The Bertz CT molecular complexity index is 648. The van der Waals surface area contributed by atoms with Crippen LogP contribution in [0.4, 0.5) is 0 Å². The second-order valence-corrected chi connectivity index (χ2v) is 4.97. The molecule has 114 valence electrons.